The van der Waals surface area contributed by atoms with Gasteiger partial charge in [0.25, 0.3) is 5.91 Å². The van der Waals surface area contributed by atoms with Crippen LogP contribution in [-0.4, -0.2) is 58.1 Å². The molecule has 25 heavy (non-hydrogen) atoms. The van der Waals surface area contributed by atoms with Crippen molar-refractivity contribution in [2.24, 2.45) is 0 Å². The Labute approximate surface area is 145 Å². The minimum absolute atomic E-state index is 0.00622. The van der Waals surface area contributed by atoms with Crippen molar-refractivity contribution in [2.45, 2.75) is 20.0 Å². The fraction of sp³-hybridized carbons (Fsp3) is 0.389. The lowest BCUT2D eigenvalue weighted by molar-refractivity contribution is -0.130. The number of benzene rings is 1. The molecule has 1 N–H and O–H groups in total. The highest BCUT2D eigenvalue weighted by molar-refractivity contribution is 6.01. The quantitative estimate of drug-likeness (QED) is 0.916. The van der Waals surface area contributed by atoms with E-state index in [0.29, 0.717) is 31.9 Å². The van der Waals surface area contributed by atoms with Gasteiger partial charge in [-0.2, -0.15) is 0 Å². The molecule has 1 saturated heterocycles. The summed E-state index contributed by atoms with van der Waals surface area (Å²) < 4.78 is 5.27. The second-order valence-electron chi connectivity index (χ2n) is 6.11. The molecule has 1 unspecified atom stereocenters. The highest BCUT2D eigenvalue weighted by atomic mass is 16.5. The van der Waals surface area contributed by atoms with Gasteiger partial charge in [0.05, 0.1) is 0 Å². The molecule has 2 aromatic rings. The summed E-state index contributed by atoms with van der Waals surface area (Å²) in [5.41, 5.74) is 1.47. The molecule has 1 aromatic heterocycles. The number of rotatable bonds is 3. The third-order valence-electron chi connectivity index (χ3n) is 4.37. The Morgan fingerprint density at radius 3 is 2.28 bits per heavy atom. The third kappa shape index (κ3) is 3.41. The number of carbonyl (C=O) groups excluding carboxylic acids is 2. The first-order chi connectivity index (χ1) is 12.0. The highest BCUT2D eigenvalue weighted by Crippen LogP contribution is 2.30. The number of hydrogen-bond acceptors (Lipinski definition) is 5. The van der Waals surface area contributed by atoms with Gasteiger partial charge in [0.1, 0.15) is 17.4 Å². The molecule has 1 aliphatic rings. The SMILES string of the molecule is CC(=O)N1CCN(C(=O)c2c(-c3ccccc3)noc2C(C)O)CC1. The summed E-state index contributed by atoms with van der Waals surface area (Å²) in [6.07, 6.45) is -0.942. The number of aliphatic hydroxyl groups excluding tert-OH is 1. The lowest BCUT2D eigenvalue weighted by atomic mass is 10.0. The van der Waals surface area contributed by atoms with Crippen molar-refractivity contribution in [3.63, 3.8) is 0 Å². The largest absolute Gasteiger partial charge is 0.385 e. The maximum Gasteiger partial charge on any atom is 0.259 e. The molecule has 1 aromatic carbocycles. The van der Waals surface area contributed by atoms with Crippen molar-refractivity contribution < 1.29 is 19.2 Å². The molecule has 1 fully saturated rings. The van der Waals surface area contributed by atoms with Crippen molar-refractivity contribution in [1.29, 1.82) is 0 Å². The number of nitrogens with zero attached hydrogens (tertiary/aromatic N) is 3. The van der Waals surface area contributed by atoms with Gasteiger partial charge in [0, 0.05) is 38.7 Å². The Morgan fingerprint density at radius 2 is 1.72 bits per heavy atom. The zero-order valence-corrected chi connectivity index (χ0v) is 14.3. The van der Waals surface area contributed by atoms with E-state index >= 15 is 0 Å². The first kappa shape index (κ1) is 17.2. The summed E-state index contributed by atoms with van der Waals surface area (Å²) in [5.74, 6) is -0.0659. The van der Waals surface area contributed by atoms with E-state index in [4.69, 9.17) is 4.52 Å². The summed E-state index contributed by atoms with van der Waals surface area (Å²) >= 11 is 0. The Bertz CT molecular complexity index is 762. The standard InChI is InChI=1S/C18H21N3O4/c1-12(22)17-15(16(19-25-17)14-6-4-3-5-7-14)18(24)21-10-8-20(9-11-21)13(2)23/h3-7,12,22H,8-11H2,1-2H3. The molecule has 7 nitrogen and oxygen atoms in total. The molecule has 0 saturated carbocycles. The van der Waals surface area contributed by atoms with Crippen LogP contribution in [0.5, 0.6) is 0 Å². The van der Waals surface area contributed by atoms with Crippen LogP contribution in [0.4, 0.5) is 0 Å². The molecule has 1 aliphatic heterocycles. The number of aromatic nitrogens is 1. The van der Waals surface area contributed by atoms with Crippen LogP contribution in [0.1, 0.15) is 36.1 Å². The van der Waals surface area contributed by atoms with Crippen molar-refractivity contribution in [3.05, 3.63) is 41.7 Å². The minimum atomic E-state index is -0.942. The van der Waals surface area contributed by atoms with Crippen LogP contribution in [0, 0.1) is 0 Å². The van der Waals surface area contributed by atoms with Crippen LogP contribution in [0.15, 0.2) is 34.9 Å². The van der Waals surface area contributed by atoms with Gasteiger partial charge in [-0.15, -0.1) is 0 Å². The van der Waals surface area contributed by atoms with E-state index in [1.807, 2.05) is 30.3 Å². The first-order valence-electron chi connectivity index (χ1n) is 8.27. The maximum absolute atomic E-state index is 13.1. The van der Waals surface area contributed by atoms with Crippen molar-refractivity contribution in [1.82, 2.24) is 15.0 Å². The maximum atomic E-state index is 13.1. The monoisotopic (exact) mass is 343 g/mol. The fourth-order valence-electron chi connectivity index (χ4n) is 2.97. The average Bonchev–Trinajstić information content (AvgIpc) is 3.07. The van der Waals surface area contributed by atoms with Crippen LogP contribution < -0.4 is 0 Å². The van der Waals surface area contributed by atoms with Gasteiger partial charge in [-0.1, -0.05) is 35.5 Å². The number of hydrogen-bond donors (Lipinski definition) is 1. The van der Waals surface area contributed by atoms with E-state index in [1.54, 1.807) is 16.7 Å². The van der Waals surface area contributed by atoms with Gasteiger partial charge in [-0.3, -0.25) is 9.59 Å². The molecular weight excluding hydrogens is 322 g/mol. The van der Waals surface area contributed by atoms with Gasteiger partial charge in [0.15, 0.2) is 5.76 Å². The molecule has 0 aliphatic carbocycles. The van der Waals surface area contributed by atoms with E-state index in [-0.39, 0.29) is 23.1 Å². The second-order valence-corrected chi connectivity index (χ2v) is 6.11. The summed E-state index contributed by atoms with van der Waals surface area (Å²) in [4.78, 5) is 27.9. The molecule has 7 heteroatoms. The fourth-order valence-corrected chi connectivity index (χ4v) is 2.97. The minimum Gasteiger partial charge on any atom is -0.385 e. The zero-order valence-electron chi connectivity index (χ0n) is 14.3. The number of piperazine rings is 1. The van der Waals surface area contributed by atoms with E-state index in [1.165, 1.54) is 6.92 Å². The summed E-state index contributed by atoms with van der Waals surface area (Å²) in [6.45, 7) is 4.94. The molecule has 132 valence electrons. The van der Waals surface area contributed by atoms with Crippen molar-refractivity contribution >= 4 is 11.8 Å². The van der Waals surface area contributed by atoms with Crippen LogP contribution in [0.3, 0.4) is 0 Å². The molecular formula is C18H21N3O4. The van der Waals surface area contributed by atoms with E-state index in [9.17, 15) is 14.7 Å². The van der Waals surface area contributed by atoms with Gasteiger partial charge >= 0.3 is 0 Å². The summed E-state index contributed by atoms with van der Waals surface area (Å²) in [7, 11) is 0. The second kappa shape index (κ2) is 7.06. The lowest BCUT2D eigenvalue weighted by Crippen LogP contribution is -2.50. The van der Waals surface area contributed by atoms with E-state index in [2.05, 4.69) is 5.16 Å². The Balaban J connectivity index is 1.92. The predicted octanol–water partition coefficient (Wildman–Crippen LogP) is 1.70. The van der Waals surface area contributed by atoms with Crippen LogP contribution in [-0.2, 0) is 4.79 Å². The lowest BCUT2D eigenvalue weighted by Gasteiger charge is -2.34. The average molecular weight is 343 g/mol. The van der Waals surface area contributed by atoms with Crippen LogP contribution in [0.2, 0.25) is 0 Å². The van der Waals surface area contributed by atoms with Crippen molar-refractivity contribution in [2.75, 3.05) is 26.2 Å². The molecule has 2 amide bonds. The Hall–Kier alpha value is -2.67. The zero-order chi connectivity index (χ0) is 18.0. The van der Waals surface area contributed by atoms with Gasteiger partial charge in [0.2, 0.25) is 5.91 Å². The van der Waals surface area contributed by atoms with Crippen molar-refractivity contribution in [3.8, 4) is 11.3 Å². The molecule has 0 radical (unpaired) electrons. The van der Waals surface area contributed by atoms with E-state index < -0.39 is 6.10 Å². The van der Waals surface area contributed by atoms with Crippen LogP contribution in [0.25, 0.3) is 11.3 Å². The molecule has 2 heterocycles. The smallest absolute Gasteiger partial charge is 0.259 e. The third-order valence-corrected chi connectivity index (χ3v) is 4.37. The Kier molecular flexibility index (Phi) is 4.85. The topological polar surface area (TPSA) is 86.9 Å². The highest BCUT2D eigenvalue weighted by Gasteiger charge is 2.31. The normalized spacial score (nSPS) is 16.0. The first-order valence-corrected chi connectivity index (χ1v) is 8.27. The number of carbonyl (C=O) groups is 2. The van der Waals surface area contributed by atoms with Gasteiger partial charge in [-0.05, 0) is 6.92 Å². The summed E-state index contributed by atoms with van der Waals surface area (Å²) in [6, 6.07) is 9.27. The Morgan fingerprint density at radius 1 is 1.12 bits per heavy atom. The molecule has 1 atom stereocenters. The van der Waals surface area contributed by atoms with Crippen LogP contribution >= 0.6 is 0 Å². The number of aliphatic hydroxyl groups is 1. The van der Waals surface area contributed by atoms with E-state index in [0.717, 1.165) is 5.56 Å². The van der Waals surface area contributed by atoms with Gasteiger partial charge in [-0.25, -0.2) is 0 Å². The molecule has 3 rings (SSSR count). The van der Waals surface area contributed by atoms with Gasteiger partial charge < -0.3 is 19.4 Å². The predicted molar refractivity (Wildman–Crippen MR) is 90.7 cm³/mol. The molecule has 0 bridgehead atoms. The summed E-state index contributed by atoms with van der Waals surface area (Å²) in [5, 5.41) is 14.0. The number of amides is 2. The molecule has 0 spiro atoms.